The molecule has 6 heteroatoms. The van der Waals surface area contributed by atoms with E-state index in [1.165, 1.54) is 0 Å². The Bertz CT molecular complexity index is 273. The Labute approximate surface area is 68.3 Å². The molecule has 2 amide bonds. The number of carbonyl (C=O) groups is 2. The van der Waals surface area contributed by atoms with E-state index in [1.807, 2.05) is 0 Å². The second-order valence-electron chi connectivity index (χ2n) is 2.60. The van der Waals surface area contributed by atoms with Crippen molar-refractivity contribution < 1.29 is 9.59 Å². The summed E-state index contributed by atoms with van der Waals surface area (Å²) in [5.41, 5.74) is 10.8. The second kappa shape index (κ2) is 2.49. The molecule has 0 aliphatic carbocycles. The predicted octanol–water partition coefficient (Wildman–Crippen LogP) is -2.10. The Morgan fingerprint density at radius 3 is 2.92 bits per heavy atom. The van der Waals surface area contributed by atoms with Crippen LogP contribution >= 0.6 is 0 Å². The third kappa shape index (κ3) is 1.02. The van der Waals surface area contributed by atoms with Crippen molar-refractivity contribution in [3.05, 3.63) is 11.8 Å². The zero-order chi connectivity index (χ0) is 8.55. The number of amides is 2. The summed E-state index contributed by atoms with van der Waals surface area (Å²) in [6, 6.07) is -0.476. The van der Waals surface area contributed by atoms with Crippen molar-refractivity contribution >= 4 is 11.8 Å². The number of fused-ring (bicyclic) bond motifs is 1. The Morgan fingerprint density at radius 1 is 1.25 bits per heavy atom. The molecule has 12 heavy (non-hydrogen) atoms. The van der Waals surface area contributed by atoms with Crippen molar-refractivity contribution in [3.63, 3.8) is 0 Å². The van der Waals surface area contributed by atoms with Crippen molar-refractivity contribution in [2.75, 3.05) is 0 Å². The van der Waals surface area contributed by atoms with Gasteiger partial charge in [-0.1, -0.05) is 6.08 Å². The van der Waals surface area contributed by atoms with Gasteiger partial charge in [0.05, 0.1) is 5.70 Å². The van der Waals surface area contributed by atoms with Gasteiger partial charge in [-0.2, -0.15) is 0 Å². The molecule has 0 bridgehead atoms. The number of hydrogen-bond donors (Lipinski definition) is 4. The normalized spacial score (nSPS) is 27.7. The summed E-state index contributed by atoms with van der Waals surface area (Å²) in [6.07, 6.45) is 1.96. The predicted molar refractivity (Wildman–Crippen MR) is 39.0 cm³/mol. The van der Waals surface area contributed by atoms with Crippen molar-refractivity contribution in [2.45, 2.75) is 12.5 Å². The first kappa shape index (κ1) is 7.11. The molecule has 0 aromatic rings. The third-order valence-corrected chi connectivity index (χ3v) is 1.77. The average Bonchev–Trinajstić information content (AvgIpc) is 2.28. The second-order valence-corrected chi connectivity index (χ2v) is 2.60. The molecule has 2 aliphatic rings. The molecule has 6 nitrogen and oxygen atoms in total. The molecule has 2 aliphatic heterocycles. The largest absolute Gasteiger partial charge is 0.301 e. The molecule has 64 valence electrons. The highest BCUT2D eigenvalue weighted by Crippen LogP contribution is 2.06. The summed E-state index contributed by atoms with van der Waals surface area (Å²) in [4.78, 5) is 21.9. The standard InChI is InChI=1S/C6H8N4O2/c11-4-2-1-3-5(9-8-4)6(12)10-7-3/h1,5,7,9H,2H2,(H,8,11)(H,10,12). The lowest BCUT2D eigenvalue weighted by molar-refractivity contribution is -0.123. The monoisotopic (exact) mass is 168 g/mol. The summed E-state index contributed by atoms with van der Waals surface area (Å²) in [5, 5.41) is 0. The Morgan fingerprint density at radius 2 is 2.08 bits per heavy atom. The summed E-state index contributed by atoms with van der Waals surface area (Å²) in [5.74, 6) is -0.338. The van der Waals surface area contributed by atoms with Gasteiger partial charge in [0, 0.05) is 6.42 Å². The van der Waals surface area contributed by atoms with E-state index in [0.717, 1.165) is 0 Å². The van der Waals surface area contributed by atoms with E-state index in [0.29, 0.717) is 5.70 Å². The molecule has 1 saturated heterocycles. The van der Waals surface area contributed by atoms with Crippen molar-refractivity contribution in [2.24, 2.45) is 0 Å². The van der Waals surface area contributed by atoms with Crippen LogP contribution in [0.25, 0.3) is 0 Å². The summed E-state index contributed by atoms with van der Waals surface area (Å²) < 4.78 is 0. The Balaban J connectivity index is 2.22. The van der Waals surface area contributed by atoms with E-state index >= 15 is 0 Å². The summed E-state index contributed by atoms with van der Waals surface area (Å²) in [6.45, 7) is 0. The topological polar surface area (TPSA) is 82.3 Å². The smallest absolute Gasteiger partial charge is 0.263 e. The highest BCUT2D eigenvalue weighted by molar-refractivity contribution is 5.89. The van der Waals surface area contributed by atoms with E-state index in [4.69, 9.17) is 0 Å². The van der Waals surface area contributed by atoms with Crippen LogP contribution in [0, 0.1) is 0 Å². The van der Waals surface area contributed by atoms with Gasteiger partial charge in [-0.3, -0.25) is 20.4 Å². The van der Waals surface area contributed by atoms with Gasteiger partial charge in [-0.05, 0) is 0 Å². The van der Waals surface area contributed by atoms with Crippen LogP contribution in [-0.2, 0) is 9.59 Å². The molecule has 4 N–H and O–H groups in total. The van der Waals surface area contributed by atoms with Crippen molar-refractivity contribution in [1.29, 1.82) is 0 Å². The molecule has 0 radical (unpaired) electrons. The molecule has 2 heterocycles. The quantitative estimate of drug-likeness (QED) is 0.334. The highest BCUT2D eigenvalue weighted by Gasteiger charge is 2.30. The molecule has 0 saturated carbocycles. The fourth-order valence-corrected chi connectivity index (χ4v) is 1.14. The molecule has 0 aromatic carbocycles. The van der Waals surface area contributed by atoms with Gasteiger partial charge in [0.1, 0.15) is 6.04 Å². The molecule has 0 spiro atoms. The average molecular weight is 168 g/mol. The van der Waals surface area contributed by atoms with E-state index < -0.39 is 6.04 Å². The van der Waals surface area contributed by atoms with Crippen LogP contribution in [0.5, 0.6) is 0 Å². The molecule has 2 rings (SSSR count). The summed E-state index contributed by atoms with van der Waals surface area (Å²) >= 11 is 0. The molecular weight excluding hydrogens is 160 g/mol. The van der Waals surface area contributed by atoms with Gasteiger partial charge in [0.25, 0.3) is 5.91 Å². The Hall–Kier alpha value is -1.56. The lowest BCUT2D eigenvalue weighted by Gasteiger charge is -2.06. The molecule has 1 unspecified atom stereocenters. The van der Waals surface area contributed by atoms with Gasteiger partial charge in [0.15, 0.2) is 0 Å². The fraction of sp³-hybridized carbons (Fsp3) is 0.333. The lowest BCUT2D eigenvalue weighted by atomic mass is 10.2. The molecule has 1 atom stereocenters. The van der Waals surface area contributed by atoms with E-state index in [1.54, 1.807) is 6.08 Å². The maximum atomic E-state index is 11.0. The van der Waals surface area contributed by atoms with E-state index in [-0.39, 0.29) is 18.2 Å². The SMILES string of the molecule is O=C1CC=C2NNC(=O)C2NN1. The number of hydrazine groups is 2. The van der Waals surface area contributed by atoms with Crippen molar-refractivity contribution in [1.82, 2.24) is 21.7 Å². The van der Waals surface area contributed by atoms with Crippen LogP contribution in [0.3, 0.4) is 0 Å². The molecular formula is C6H8N4O2. The minimum absolute atomic E-state index is 0.147. The minimum atomic E-state index is -0.476. The lowest BCUT2D eigenvalue weighted by Crippen LogP contribution is -2.46. The van der Waals surface area contributed by atoms with Crippen LogP contribution in [0.4, 0.5) is 0 Å². The first-order valence-electron chi connectivity index (χ1n) is 3.57. The van der Waals surface area contributed by atoms with Crippen LogP contribution in [-0.4, -0.2) is 17.9 Å². The highest BCUT2D eigenvalue weighted by atomic mass is 16.2. The fourth-order valence-electron chi connectivity index (χ4n) is 1.14. The maximum absolute atomic E-state index is 11.0. The van der Waals surface area contributed by atoms with Crippen molar-refractivity contribution in [3.8, 4) is 0 Å². The Kier molecular flexibility index (Phi) is 1.47. The number of carbonyl (C=O) groups excluding carboxylic acids is 2. The first-order valence-corrected chi connectivity index (χ1v) is 3.57. The van der Waals surface area contributed by atoms with Crippen LogP contribution in [0.15, 0.2) is 11.8 Å². The summed E-state index contributed by atoms with van der Waals surface area (Å²) in [7, 11) is 0. The van der Waals surface area contributed by atoms with Crippen LogP contribution in [0.2, 0.25) is 0 Å². The number of hydrogen-bond acceptors (Lipinski definition) is 4. The van der Waals surface area contributed by atoms with Crippen LogP contribution in [0.1, 0.15) is 6.42 Å². The maximum Gasteiger partial charge on any atom is 0.263 e. The third-order valence-electron chi connectivity index (χ3n) is 1.77. The molecule has 1 fully saturated rings. The molecule has 0 aromatic heterocycles. The van der Waals surface area contributed by atoms with Gasteiger partial charge in [-0.25, -0.2) is 5.43 Å². The van der Waals surface area contributed by atoms with Gasteiger partial charge in [0.2, 0.25) is 5.91 Å². The van der Waals surface area contributed by atoms with E-state index in [9.17, 15) is 9.59 Å². The van der Waals surface area contributed by atoms with Gasteiger partial charge >= 0.3 is 0 Å². The van der Waals surface area contributed by atoms with Gasteiger partial charge in [-0.15, -0.1) is 0 Å². The zero-order valence-corrected chi connectivity index (χ0v) is 6.18. The zero-order valence-electron chi connectivity index (χ0n) is 6.18. The van der Waals surface area contributed by atoms with Gasteiger partial charge < -0.3 is 5.43 Å². The first-order chi connectivity index (χ1) is 5.77. The minimum Gasteiger partial charge on any atom is -0.301 e. The number of rotatable bonds is 0. The van der Waals surface area contributed by atoms with Crippen LogP contribution < -0.4 is 21.7 Å². The van der Waals surface area contributed by atoms with E-state index in [2.05, 4.69) is 21.7 Å². The number of nitrogens with one attached hydrogen (secondary N) is 4.